The molecule has 2 amide bonds. The minimum Gasteiger partial charge on any atom is -0.371 e. The molecule has 4 heterocycles. The third kappa shape index (κ3) is 3.05. The lowest BCUT2D eigenvalue weighted by molar-refractivity contribution is -0.169. The highest BCUT2D eigenvalue weighted by atomic mass is 16.5. The second kappa shape index (κ2) is 6.44. The van der Waals surface area contributed by atoms with Gasteiger partial charge in [-0.3, -0.25) is 9.59 Å². The Hall–Kier alpha value is -1.89. The fourth-order valence-electron chi connectivity index (χ4n) is 4.18. The van der Waals surface area contributed by atoms with Crippen molar-refractivity contribution >= 4 is 11.8 Å². The summed E-state index contributed by atoms with van der Waals surface area (Å²) in [6, 6.07) is 0. The lowest BCUT2D eigenvalue weighted by Crippen LogP contribution is -2.66. The molecular weight excluding hydrogens is 322 g/mol. The van der Waals surface area contributed by atoms with E-state index < -0.39 is 0 Å². The van der Waals surface area contributed by atoms with E-state index in [4.69, 9.17) is 9.26 Å². The zero-order valence-corrected chi connectivity index (χ0v) is 14.7. The highest BCUT2D eigenvalue weighted by Crippen LogP contribution is 2.37. The number of hydrogen-bond donors (Lipinski definition) is 0. The van der Waals surface area contributed by atoms with Crippen LogP contribution in [-0.2, 0) is 16.0 Å². The van der Waals surface area contributed by atoms with E-state index in [0.717, 1.165) is 32.4 Å². The van der Waals surface area contributed by atoms with Crippen molar-refractivity contribution in [3.05, 3.63) is 17.5 Å². The molecule has 7 nitrogen and oxygen atoms in total. The molecule has 1 atom stereocenters. The molecule has 0 radical (unpaired) electrons. The minimum absolute atomic E-state index is 0.0166. The first kappa shape index (κ1) is 16.6. The maximum atomic E-state index is 12.6. The maximum absolute atomic E-state index is 12.6. The van der Waals surface area contributed by atoms with E-state index in [1.807, 2.05) is 16.7 Å². The molecule has 136 valence electrons. The van der Waals surface area contributed by atoms with Gasteiger partial charge in [0.25, 0.3) is 5.91 Å². The summed E-state index contributed by atoms with van der Waals surface area (Å²) in [5.41, 5.74) is 0.378. The third-order valence-corrected chi connectivity index (χ3v) is 5.73. The van der Waals surface area contributed by atoms with Gasteiger partial charge in [0.05, 0.1) is 25.9 Å². The molecular formula is C18H25N3O4. The van der Waals surface area contributed by atoms with Crippen molar-refractivity contribution in [2.75, 3.05) is 32.8 Å². The van der Waals surface area contributed by atoms with E-state index in [1.54, 1.807) is 0 Å². The highest BCUT2D eigenvalue weighted by Gasteiger charge is 2.49. The van der Waals surface area contributed by atoms with Gasteiger partial charge in [-0.2, -0.15) is 0 Å². The van der Waals surface area contributed by atoms with Crippen LogP contribution in [0.4, 0.5) is 0 Å². The summed E-state index contributed by atoms with van der Waals surface area (Å²) in [5, 5.41) is 3.74. The van der Waals surface area contributed by atoms with E-state index >= 15 is 0 Å². The standard InChI is InChI=1S/C18H25N3O4/c1-2-15-14(8-19-25-15)17(23)21-11-18(12-21)6-5-13(10-24-18)9-20-7-3-4-16(20)22/h8,13H,2-7,9-12H2,1H3/t13-/m1/s1. The van der Waals surface area contributed by atoms with Crippen molar-refractivity contribution in [1.29, 1.82) is 0 Å². The van der Waals surface area contributed by atoms with Gasteiger partial charge in [-0.05, 0) is 19.3 Å². The molecule has 0 unspecified atom stereocenters. The van der Waals surface area contributed by atoms with E-state index in [9.17, 15) is 9.59 Å². The minimum atomic E-state index is -0.190. The summed E-state index contributed by atoms with van der Waals surface area (Å²) < 4.78 is 11.3. The first-order chi connectivity index (χ1) is 12.1. The molecule has 3 aliphatic rings. The summed E-state index contributed by atoms with van der Waals surface area (Å²) in [6.45, 7) is 5.61. The second-order valence-electron chi connectivity index (χ2n) is 7.52. The Morgan fingerprint density at radius 2 is 2.28 bits per heavy atom. The number of rotatable bonds is 4. The van der Waals surface area contributed by atoms with Gasteiger partial charge in [0, 0.05) is 31.8 Å². The first-order valence-electron chi connectivity index (χ1n) is 9.25. The largest absolute Gasteiger partial charge is 0.371 e. The third-order valence-electron chi connectivity index (χ3n) is 5.73. The Morgan fingerprint density at radius 3 is 2.92 bits per heavy atom. The molecule has 3 aliphatic heterocycles. The van der Waals surface area contributed by atoms with Crippen LogP contribution in [0, 0.1) is 5.92 Å². The quantitative estimate of drug-likeness (QED) is 0.825. The van der Waals surface area contributed by atoms with Crippen LogP contribution in [-0.4, -0.2) is 65.2 Å². The van der Waals surface area contributed by atoms with Crippen molar-refractivity contribution in [2.45, 2.75) is 44.6 Å². The Balaban J connectivity index is 1.28. The van der Waals surface area contributed by atoms with Crippen molar-refractivity contribution in [2.24, 2.45) is 5.92 Å². The topological polar surface area (TPSA) is 75.9 Å². The predicted molar refractivity (Wildman–Crippen MR) is 89.0 cm³/mol. The number of aryl methyl sites for hydroxylation is 1. The fourth-order valence-corrected chi connectivity index (χ4v) is 4.18. The lowest BCUT2D eigenvalue weighted by atomic mass is 9.82. The van der Waals surface area contributed by atoms with Crippen molar-refractivity contribution in [1.82, 2.24) is 15.0 Å². The number of ether oxygens (including phenoxy) is 1. The zero-order chi connectivity index (χ0) is 17.4. The van der Waals surface area contributed by atoms with Gasteiger partial charge < -0.3 is 19.1 Å². The number of likely N-dealkylation sites (tertiary alicyclic amines) is 2. The molecule has 0 N–H and O–H groups in total. The highest BCUT2D eigenvalue weighted by molar-refractivity contribution is 5.95. The SMILES string of the molecule is CCc1oncc1C(=O)N1CC2(CC[C@H](CN3CCCC3=O)CO2)C1. The fraction of sp³-hybridized carbons (Fsp3) is 0.722. The van der Waals surface area contributed by atoms with Crippen LogP contribution in [0.5, 0.6) is 0 Å². The Bertz CT molecular complexity index is 655. The maximum Gasteiger partial charge on any atom is 0.259 e. The van der Waals surface area contributed by atoms with Crippen LogP contribution in [0.3, 0.4) is 0 Å². The Labute approximate surface area is 147 Å². The average Bonchev–Trinajstić information content (AvgIpc) is 3.22. The molecule has 0 aromatic carbocycles. The van der Waals surface area contributed by atoms with Crippen molar-refractivity contribution in [3.8, 4) is 0 Å². The van der Waals surface area contributed by atoms with Gasteiger partial charge in [0.2, 0.25) is 5.91 Å². The Kier molecular flexibility index (Phi) is 4.27. The molecule has 0 aliphatic carbocycles. The van der Waals surface area contributed by atoms with Gasteiger partial charge in [-0.25, -0.2) is 0 Å². The summed E-state index contributed by atoms with van der Waals surface area (Å²) in [4.78, 5) is 28.1. The number of aromatic nitrogens is 1. The molecule has 1 spiro atoms. The van der Waals surface area contributed by atoms with E-state index in [-0.39, 0.29) is 17.4 Å². The van der Waals surface area contributed by atoms with E-state index in [0.29, 0.717) is 49.8 Å². The summed E-state index contributed by atoms with van der Waals surface area (Å²) in [6.07, 6.45) is 5.85. The van der Waals surface area contributed by atoms with Gasteiger partial charge >= 0.3 is 0 Å². The lowest BCUT2D eigenvalue weighted by Gasteiger charge is -2.52. The molecule has 4 rings (SSSR count). The zero-order valence-electron chi connectivity index (χ0n) is 14.7. The van der Waals surface area contributed by atoms with E-state index in [1.165, 1.54) is 6.20 Å². The van der Waals surface area contributed by atoms with Gasteiger partial charge in [0.1, 0.15) is 16.9 Å². The van der Waals surface area contributed by atoms with Crippen LogP contribution >= 0.6 is 0 Å². The van der Waals surface area contributed by atoms with Gasteiger partial charge in [0.15, 0.2) is 0 Å². The molecule has 3 fully saturated rings. The average molecular weight is 347 g/mol. The smallest absolute Gasteiger partial charge is 0.259 e. The normalized spacial score (nSPS) is 25.5. The van der Waals surface area contributed by atoms with Gasteiger partial charge in [-0.1, -0.05) is 12.1 Å². The summed E-state index contributed by atoms with van der Waals surface area (Å²) >= 11 is 0. The van der Waals surface area contributed by atoms with Crippen LogP contribution in [0.15, 0.2) is 10.7 Å². The monoisotopic (exact) mass is 347 g/mol. The van der Waals surface area contributed by atoms with Gasteiger partial charge in [-0.15, -0.1) is 0 Å². The van der Waals surface area contributed by atoms with E-state index in [2.05, 4.69) is 5.16 Å². The van der Waals surface area contributed by atoms with Crippen LogP contribution in [0.2, 0.25) is 0 Å². The molecule has 0 saturated carbocycles. The van der Waals surface area contributed by atoms with Crippen LogP contribution < -0.4 is 0 Å². The number of hydrogen-bond acceptors (Lipinski definition) is 5. The molecule has 25 heavy (non-hydrogen) atoms. The number of nitrogens with zero attached hydrogens (tertiary/aromatic N) is 3. The van der Waals surface area contributed by atoms with Crippen LogP contribution in [0.1, 0.15) is 48.7 Å². The van der Waals surface area contributed by atoms with Crippen molar-refractivity contribution in [3.63, 3.8) is 0 Å². The summed E-state index contributed by atoms with van der Waals surface area (Å²) in [7, 11) is 0. The number of carbonyl (C=O) groups excluding carboxylic acids is 2. The molecule has 1 aromatic rings. The number of carbonyl (C=O) groups is 2. The molecule has 0 bridgehead atoms. The van der Waals surface area contributed by atoms with Crippen LogP contribution in [0.25, 0.3) is 0 Å². The molecule has 3 saturated heterocycles. The molecule has 1 aromatic heterocycles. The number of amides is 2. The summed E-state index contributed by atoms with van der Waals surface area (Å²) in [5.74, 6) is 1.33. The van der Waals surface area contributed by atoms with Crippen molar-refractivity contribution < 1.29 is 18.8 Å². The first-order valence-corrected chi connectivity index (χ1v) is 9.25. The predicted octanol–water partition coefficient (Wildman–Crippen LogP) is 1.48. The molecule has 7 heteroatoms. The Morgan fingerprint density at radius 1 is 1.44 bits per heavy atom. The second-order valence-corrected chi connectivity index (χ2v) is 7.52.